The van der Waals surface area contributed by atoms with E-state index in [1.807, 2.05) is 62.4 Å². The lowest BCUT2D eigenvalue weighted by molar-refractivity contribution is 0.101. The molecule has 0 saturated carbocycles. The zero-order chi connectivity index (χ0) is 14.5. The Labute approximate surface area is 121 Å². The van der Waals surface area contributed by atoms with E-state index in [2.05, 4.69) is 18.4 Å². The molecule has 0 N–H and O–H groups in total. The molecule has 0 atom stereocenters. The number of hydrogen-bond donors (Lipinski definition) is 0. The third-order valence-electron chi connectivity index (χ3n) is 2.16. The van der Waals surface area contributed by atoms with Crippen LogP contribution in [0.3, 0.4) is 0 Å². The van der Waals surface area contributed by atoms with Crippen molar-refractivity contribution in [2.45, 2.75) is 25.7 Å². The average Bonchev–Trinajstić information content (AvgIpc) is 2.51. The molecule has 0 bridgehead atoms. The van der Waals surface area contributed by atoms with Crippen LogP contribution in [0.25, 0.3) is 0 Å². The lowest BCUT2D eigenvalue weighted by Crippen LogP contribution is -1.88. The lowest BCUT2D eigenvalue weighted by Gasteiger charge is -1.89. The van der Waals surface area contributed by atoms with Crippen LogP contribution in [0.4, 0.5) is 0 Å². The fraction of sp³-hybridized carbons (Fsp3) is 0.235. The summed E-state index contributed by atoms with van der Waals surface area (Å²) in [5.74, 6) is 0.121. The lowest BCUT2D eigenvalue weighted by atomic mass is 10.2. The van der Waals surface area contributed by atoms with Gasteiger partial charge in [-0.15, -0.1) is 11.8 Å². The SMILES string of the molecule is CC.CC(=O)c1ccccc1.CSc1ccccc1. The van der Waals surface area contributed by atoms with Crippen LogP contribution in [0.5, 0.6) is 0 Å². The van der Waals surface area contributed by atoms with Crippen LogP contribution in [0.2, 0.25) is 0 Å². The molecule has 102 valence electrons. The summed E-state index contributed by atoms with van der Waals surface area (Å²) in [6, 6.07) is 19.6. The van der Waals surface area contributed by atoms with Crippen molar-refractivity contribution >= 4 is 17.5 Å². The Bertz CT molecular complexity index is 437. The predicted molar refractivity (Wildman–Crippen MR) is 86.0 cm³/mol. The number of rotatable bonds is 2. The molecule has 0 aliphatic heterocycles. The molecule has 0 heterocycles. The Balaban J connectivity index is 0.000000303. The molecule has 0 spiro atoms. The van der Waals surface area contributed by atoms with Gasteiger partial charge in [0.25, 0.3) is 0 Å². The van der Waals surface area contributed by atoms with Crippen molar-refractivity contribution in [3.05, 3.63) is 66.2 Å². The van der Waals surface area contributed by atoms with Gasteiger partial charge in [-0.1, -0.05) is 62.4 Å². The number of Topliss-reactive ketones (excluding diaryl/α,β-unsaturated/α-hetero) is 1. The number of benzene rings is 2. The largest absolute Gasteiger partial charge is 0.295 e. The Hall–Kier alpha value is -1.54. The Morgan fingerprint density at radius 1 is 0.842 bits per heavy atom. The molecule has 1 nitrogen and oxygen atoms in total. The second-order valence-electron chi connectivity index (χ2n) is 3.44. The van der Waals surface area contributed by atoms with Gasteiger partial charge in [0, 0.05) is 10.5 Å². The summed E-state index contributed by atoms with van der Waals surface area (Å²) in [5, 5.41) is 0. The van der Waals surface area contributed by atoms with Gasteiger partial charge in [0.05, 0.1) is 0 Å². The van der Waals surface area contributed by atoms with Gasteiger partial charge < -0.3 is 0 Å². The predicted octanol–water partition coefficient (Wildman–Crippen LogP) is 5.32. The fourth-order valence-corrected chi connectivity index (χ4v) is 1.66. The maximum Gasteiger partial charge on any atom is 0.159 e. The molecule has 0 aliphatic rings. The number of thioether (sulfide) groups is 1. The van der Waals surface area contributed by atoms with Gasteiger partial charge in [-0.2, -0.15) is 0 Å². The second kappa shape index (κ2) is 11.5. The number of ketones is 1. The maximum absolute atomic E-state index is 10.6. The van der Waals surface area contributed by atoms with E-state index in [9.17, 15) is 4.79 Å². The van der Waals surface area contributed by atoms with E-state index in [0.717, 1.165) is 5.56 Å². The Kier molecular flexibility index (Phi) is 10.6. The molecule has 0 aromatic heterocycles. The molecule has 19 heavy (non-hydrogen) atoms. The summed E-state index contributed by atoms with van der Waals surface area (Å²) < 4.78 is 0. The molecule has 0 aliphatic carbocycles. The first-order valence-electron chi connectivity index (χ1n) is 6.39. The highest BCUT2D eigenvalue weighted by atomic mass is 32.2. The topological polar surface area (TPSA) is 17.1 Å². The summed E-state index contributed by atoms with van der Waals surface area (Å²) in [5.41, 5.74) is 0.775. The van der Waals surface area contributed by atoms with Gasteiger partial charge in [0.1, 0.15) is 0 Å². The molecule has 0 unspecified atom stereocenters. The highest BCUT2D eigenvalue weighted by molar-refractivity contribution is 7.98. The minimum atomic E-state index is 0.121. The van der Waals surface area contributed by atoms with Crippen LogP contribution in [-0.2, 0) is 0 Å². The Morgan fingerprint density at radius 3 is 1.53 bits per heavy atom. The first kappa shape index (κ1) is 17.5. The van der Waals surface area contributed by atoms with Crippen LogP contribution < -0.4 is 0 Å². The minimum absolute atomic E-state index is 0.121. The van der Waals surface area contributed by atoms with Crippen LogP contribution in [-0.4, -0.2) is 12.0 Å². The fourth-order valence-electron chi connectivity index (χ4n) is 1.23. The Morgan fingerprint density at radius 2 is 1.26 bits per heavy atom. The standard InChI is InChI=1S/C8H8O.C7H8S.C2H6/c1-7(9)8-5-3-2-4-6-8;1-8-7-5-3-2-4-6-7;1-2/h2-6H,1H3;2-6H,1H3;1-2H3. The minimum Gasteiger partial charge on any atom is -0.295 e. The zero-order valence-corrected chi connectivity index (χ0v) is 12.9. The van der Waals surface area contributed by atoms with Crippen molar-refractivity contribution in [1.29, 1.82) is 0 Å². The molecular formula is C17H22OS. The van der Waals surface area contributed by atoms with Crippen molar-refractivity contribution in [2.24, 2.45) is 0 Å². The van der Waals surface area contributed by atoms with Gasteiger partial charge in [0.15, 0.2) is 5.78 Å². The smallest absolute Gasteiger partial charge is 0.159 e. The van der Waals surface area contributed by atoms with Crippen LogP contribution in [0.1, 0.15) is 31.1 Å². The molecule has 2 heteroatoms. The molecule has 0 fully saturated rings. The van der Waals surface area contributed by atoms with Gasteiger partial charge in [-0.3, -0.25) is 4.79 Å². The summed E-state index contributed by atoms with van der Waals surface area (Å²) in [4.78, 5) is 12.0. The molecular weight excluding hydrogens is 252 g/mol. The van der Waals surface area contributed by atoms with Gasteiger partial charge >= 0.3 is 0 Å². The van der Waals surface area contributed by atoms with Crippen molar-refractivity contribution in [3.8, 4) is 0 Å². The van der Waals surface area contributed by atoms with Gasteiger partial charge in [-0.25, -0.2) is 0 Å². The third kappa shape index (κ3) is 8.22. The summed E-state index contributed by atoms with van der Waals surface area (Å²) >= 11 is 1.77. The quantitative estimate of drug-likeness (QED) is 0.544. The van der Waals surface area contributed by atoms with E-state index in [1.165, 1.54) is 4.90 Å². The van der Waals surface area contributed by atoms with Crippen LogP contribution in [0, 0.1) is 0 Å². The third-order valence-corrected chi connectivity index (χ3v) is 2.90. The maximum atomic E-state index is 10.6. The molecule has 2 aromatic rings. The highest BCUT2D eigenvalue weighted by Crippen LogP contribution is 2.11. The molecule has 0 amide bonds. The molecule has 2 aromatic carbocycles. The molecule has 0 radical (unpaired) electrons. The first-order chi connectivity index (χ1) is 9.24. The molecule has 0 saturated heterocycles. The van der Waals surface area contributed by atoms with E-state index < -0.39 is 0 Å². The van der Waals surface area contributed by atoms with Crippen molar-refractivity contribution < 1.29 is 4.79 Å². The monoisotopic (exact) mass is 274 g/mol. The van der Waals surface area contributed by atoms with E-state index in [4.69, 9.17) is 0 Å². The van der Waals surface area contributed by atoms with Gasteiger partial charge in [-0.05, 0) is 25.3 Å². The van der Waals surface area contributed by atoms with E-state index in [0.29, 0.717) is 0 Å². The van der Waals surface area contributed by atoms with E-state index in [1.54, 1.807) is 18.7 Å². The summed E-state index contributed by atoms with van der Waals surface area (Å²) in [6.45, 7) is 5.56. The van der Waals surface area contributed by atoms with Crippen molar-refractivity contribution in [1.82, 2.24) is 0 Å². The van der Waals surface area contributed by atoms with E-state index >= 15 is 0 Å². The summed E-state index contributed by atoms with van der Waals surface area (Å²) in [7, 11) is 0. The van der Waals surface area contributed by atoms with Crippen molar-refractivity contribution in [2.75, 3.05) is 6.26 Å². The van der Waals surface area contributed by atoms with Gasteiger partial charge in [0.2, 0.25) is 0 Å². The first-order valence-corrected chi connectivity index (χ1v) is 7.61. The average molecular weight is 274 g/mol. The van der Waals surface area contributed by atoms with Crippen molar-refractivity contribution in [3.63, 3.8) is 0 Å². The number of carbonyl (C=O) groups excluding carboxylic acids is 1. The number of hydrogen-bond acceptors (Lipinski definition) is 2. The zero-order valence-electron chi connectivity index (χ0n) is 12.1. The second-order valence-corrected chi connectivity index (χ2v) is 4.32. The molecule has 2 rings (SSSR count). The summed E-state index contributed by atoms with van der Waals surface area (Å²) in [6.07, 6.45) is 2.08. The van der Waals surface area contributed by atoms with E-state index in [-0.39, 0.29) is 5.78 Å². The van der Waals surface area contributed by atoms with Crippen LogP contribution >= 0.6 is 11.8 Å². The normalized spacial score (nSPS) is 8.42. The highest BCUT2D eigenvalue weighted by Gasteiger charge is 1.92. The number of carbonyl (C=O) groups is 1. The van der Waals surface area contributed by atoms with Crippen LogP contribution in [0.15, 0.2) is 65.6 Å².